The molecule has 4 rings (SSSR count). The van der Waals surface area contributed by atoms with E-state index in [0.29, 0.717) is 11.5 Å². The summed E-state index contributed by atoms with van der Waals surface area (Å²) in [6, 6.07) is 16.9. The van der Waals surface area contributed by atoms with Crippen molar-refractivity contribution < 1.29 is 4.79 Å². The van der Waals surface area contributed by atoms with Crippen LogP contribution < -0.4 is 10.6 Å². The van der Waals surface area contributed by atoms with E-state index in [1.807, 2.05) is 73.9 Å². The van der Waals surface area contributed by atoms with Gasteiger partial charge < -0.3 is 5.32 Å². The zero-order valence-electron chi connectivity index (χ0n) is 15.5. The molecule has 7 nitrogen and oxygen atoms in total. The van der Waals surface area contributed by atoms with Gasteiger partial charge in [-0.1, -0.05) is 26.0 Å². The molecule has 0 aliphatic heterocycles. The van der Waals surface area contributed by atoms with Gasteiger partial charge in [0.2, 0.25) is 0 Å². The SMILES string of the molecule is CC.Cc1cc(NC(=O)Nc2ccc(-n3cnc4ccccc43)cc2)n[nH]1. The van der Waals surface area contributed by atoms with E-state index in [2.05, 4.69) is 25.8 Å². The van der Waals surface area contributed by atoms with Crippen molar-refractivity contribution in [1.29, 1.82) is 0 Å². The van der Waals surface area contributed by atoms with Gasteiger partial charge in [0.25, 0.3) is 0 Å². The van der Waals surface area contributed by atoms with Crippen LogP contribution in [0.5, 0.6) is 0 Å². The zero-order chi connectivity index (χ0) is 19.2. The number of rotatable bonds is 3. The summed E-state index contributed by atoms with van der Waals surface area (Å²) in [7, 11) is 0. The molecule has 3 N–H and O–H groups in total. The van der Waals surface area contributed by atoms with Crippen molar-refractivity contribution in [3.8, 4) is 5.69 Å². The maximum Gasteiger partial charge on any atom is 0.324 e. The number of aryl methyl sites for hydroxylation is 1. The highest BCUT2D eigenvalue weighted by Crippen LogP contribution is 2.19. The number of hydrogen-bond donors (Lipinski definition) is 3. The molecule has 0 unspecified atom stereocenters. The molecule has 0 radical (unpaired) electrons. The number of fused-ring (bicyclic) bond motifs is 1. The highest BCUT2D eigenvalue weighted by Gasteiger charge is 2.07. The monoisotopic (exact) mass is 362 g/mol. The van der Waals surface area contributed by atoms with Crippen molar-refractivity contribution in [2.75, 3.05) is 10.6 Å². The molecule has 2 aromatic heterocycles. The molecular weight excluding hydrogens is 340 g/mol. The highest BCUT2D eigenvalue weighted by molar-refractivity contribution is 5.99. The maximum atomic E-state index is 12.0. The molecule has 2 heterocycles. The van der Waals surface area contributed by atoms with Crippen LogP contribution in [0.15, 0.2) is 60.9 Å². The standard InChI is InChI=1S/C18H16N6O.C2H6/c1-12-10-17(23-22-12)21-18(25)20-13-6-8-14(9-7-13)24-11-19-15-4-2-3-5-16(15)24;1-2/h2-11H,1H3,(H3,20,21,22,23,25);1-2H3. The predicted octanol–water partition coefficient (Wildman–Crippen LogP) is 4.73. The second-order valence-corrected chi connectivity index (χ2v) is 5.67. The van der Waals surface area contributed by atoms with Gasteiger partial charge in [0.05, 0.1) is 11.0 Å². The van der Waals surface area contributed by atoms with Crippen LogP contribution in [0.3, 0.4) is 0 Å². The van der Waals surface area contributed by atoms with Crippen molar-refractivity contribution in [3.63, 3.8) is 0 Å². The number of urea groups is 1. The normalized spacial score (nSPS) is 10.2. The minimum atomic E-state index is -0.340. The Kier molecular flexibility index (Phi) is 5.51. The van der Waals surface area contributed by atoms with E-state index in [9.17, 15) is 4.79 Å². The van der Waals surface area contributed by atoms with Crippen LogP contribution in [0.1, 0.15) is 19.5 Å². The van der Waals surface area contributed by atoms with Gasteiger partial charge in [-0.2, -0.15) is 5.10 Å². The molecule has 0 aliphatic rings. The summed E-state index contributed by atoms with van der Waals surface area (Å²) < 4.78 is 2.01. The molecule has 0 saturated carbocycles. The van der Waals surface area contributed by atoms with Gasteiger partial charge in [-0.3, -0.25) is 15.0 Å². The van der Waals surface area contributed by atoms with Gasteiger partial charge in [0.15, 0.2) is 5.82 Å². The molecule has 0 atom stereocenters. The number of nitrogens with one attached hydrogen (secondary N) is 3. The molecular formula is C20H22N6O. The summed E-state index contributed by atoms with van der Waals surface area (Å²) in [6.45, 7) is 5.87. The predicted molar refractivity (Wildman–Crippen MR) is 108 cm³/mol. The van der Waals surface area contributed by atoms with Crippen molar-refractivity contribution >= 4 is 28.6 Å². The van der Waals surface area contributed by atoms with Crippen LogP contribution in [0, 0.1) is 6.92 Å². The van der Waals surface area contributed by atoms with E-state index in [-0.39, 0.29) is 6.03 Å². The molecule has 0 spiro atoms. The zero-order valence-corrected chi connectivity index (χ0v) is 15.5. The van der Waals surface area contributed by atoms with E-state index in [1.165, 1.54) is 0 Å². The van der Waals surface area contributed by atoms with Crippen LogP contribution in [0.4, 0.5) is 16.3 Å². The fraction of sp³-hybridized carbons (Fsp3) is 0.150. The number of H-pyrrole nitrogens is 1. The fourth-order valence-corrected chi connectivity index (χ4v) is 2.63. The van der Waals surface area contributed by atoms with Gasteiger partial charge in [-0.05, 0) is 43.3 Å². The minimum absolute atomic E-state index is 0.340. The second-order valence-electron chi connectivity index (χ2n) is 5.67. The fourth-order valence-electron chi connectivity index (χ4n) is 2.63. The lowest BCUT2D eigenvalue weighted by Gasteiger charge is -2.08. The quantitative estimate of drug-likeness (QED) is 0.492. The van der Waals surface area contributed by atoms with Crippen LogP contribution in [0.25, 0.3) is 16.7 Å². The first-order valence-corrected chi connectivity index (χ1v) is 8.81. The first kappa shape index (κ1) is 18.2. The number of para-hydroxylation sites is 2. The van der Waals surface area contributed by atoms with Gasteiger partial charge in [-0.25, -0.2) is 9.78 Å². The summed E-state index contributed by atoms with van der Waals surface area (Å²) in [6.07, 6.45) is 1.79. The number of hydrogen-bond acceptors (Lipinski definition) is 3. The molecule has 27 heavy (non-hydrogen) atoms. The van der Waals surface area contributed by atoms with E-state index in [0.717, 1.165) is 22.4 Å². The van der Waals surface area contributed by atoms with E-state index in [1.54, 1.807) is 12.4 Å². The first-order chi connectivity index (χ1) is 13.2. The lowest BCUT2D eigenvalue weighted by molar-refractivity contribution is 0.262. The van der Waals surface area contributed by atoms with Gasteiger partial charge >= 0.3 is 6.03 Å². The highest BCUT2D eigenvalue weighted by atomic mass is 16.2. The molecule has 0 saturated heterocycles. The molecule has 138 valence electrons. The number of amides is 2. The number of benzene rings is 2. The lowest BCUT2D eigenvalue weighted by Crippen LogP contribution is -2.19. The van der Waals surface area contributed by atoms with Crippen LogP contribution >= 0.6 is 0 Å². The van der Waals surface area contributed by atoms with Crippen LogP contribution in [0.2, 0.25) is 0 Å². The number of imidazole rings is 1. The van der Waals surface area contributed by atoms with Gasteiger partial charge in [0, 0.05) is 23.1 Å². The Hall–Kier alpha value is -3.61. The topological polar surface area (TPSA) is 87.6 Å². The van der Waals surface area contributed by atoms with E-state index >= 15 is 0 Å². The van der Waals surface area contributed by atoms with Crippen molar-refractivity contribution in [3.05, 3.63) is 66.6 Å². The number of anilines is 2. The molecule has 0 aliphatic carbocycles. The third-order valence-electron chi connectivity index (χ3n) is 3.80. The Morgan fingerprint density at radius 1 is 1.04 bits per heavy atom. The minimum Gasteiger partial charge on any atom is -0.308 e. The number of aromatic nitrogens is 4. The Labute approximate surface area is 157 Å². The molecule has 0 fully saturated rings. The summed E-state index contributed by atoms with van der Waals surface area (Å²) in [5, 5.41) is 12.2. The summed E-state index contributed by atoms with van der Waals surface area (Å²) >= 11 is 0. The Bertz CT molecular complexity index is 1030. The van der Waals surface area contributed by atoms with Crippen molar-refractivity contribution in [1.82, 2.24) is 19.7 Å². The summed E-state index contributed by atoms with van der Waals surface area (Å²) in [5.74, 6) is 0.483. The van der Waals surface area contributed by atoms with E-state index < -0.39 is 0 Å². The van der Waals surface area contributed by atoms with Crippen LogP contribution in [-0.4, -0.2) is 25.8 Å². The van der Waals surface area contributed by atoms with Gasteiger partial charge in [0.1, 0.15) is 6.33 Å². The van der Waals surface area contributed by atoms with Gasteiger partial charge in [-0.15, -0.1) is 0 Å². The third kappa shape index (κ3) is 4.14. The van der Waals surface area contributed by atoms with Crippen LogP contribution in [-0.2, 0) is 0 Å². The smallest absolute Gasteiger partial charge is 0.308 e. The van der Waals surface area contributed by atoms with Crippen molar-refractivity contribution in [2.45, 2.75) is 20.8 Å². The Morgan fingerprint density at radius 2 is 1.78 bits per heavy atom. The van der Waals surface area contributed by atoms with Crippen molar-refractivity contribution in [2.24, 2.45) is 0 Å². The van der Waals surface area contributed by atoms with E-state index in [4.69, 9.17) is 0 Å². The average Bonchev–Trinajstić information content (AvgIpc) is 3.30. The summed E-state index contributed by atoms with van der Waals surface area (Å²) in [4.78, 5) is 16.4. The third-order valence-corrected chi connectivity index (χ3v) is 3.80. The number of aromatic amines is 1. The average molecular weight is 362 g/mol. The number of carbonyl (C=O) groups is 1. The largest absolute Gasteiger partial charge is 0.324 e. The summed E-state index contributed by atoms with van der Waals surface area (Å²) in [5.41, 5.74) is 4.53. The molecule has 4 aromatic rings. The molecule has 7 heteroatoms. The lowest BCUT2D eigenvalue weighted by atomic mass is 10.2. The second kappa shape index (κ2) is 8.18. The first-order valence-electron chi connectivity index (χ1n) is 8.81. The molecule has 2 aromatic carbocycles. The number of nitrogens with zero attached hydrogens (tertiary/aromatic N) is 3. The maximum absolute atomic E-state index is 12.0. The molecule has 2 amide bonds. The number of carbonyl (C=O) groups excluding carboxylic acids is 1. The molecule has 0 bridgehead atoms. The Morgan fingerprint density at radius 3 is 2.48 bits per heavy atom. The Balaban J connectivity index is 0.00000102.